The summed E-state index contributed by atoms with van der Waals surface area (Å²) < 4.78 is 6.10. The van der Waals surface area contributed by atoms with Crippen LogP contribution >= 0.6 is 24.0 Å². The molecule has 0 spiro atoms. The van der Waals surface area contributed by atoms with Gasteiger partial charge in [0.1, 0.15) is 0 Å². The molecule has 1 aliphatic heterocycles. The Kier molecular flexibility index (Phi) is 11.1. The molecule has 0 amide bonds. The first-order valence-corrected chi connectivity index (χ1v) is 9.37. The maximum Gasteiger partial charge on any atom is 0.190 e. The van der Waals surface area contributed by atoms with Crippen molar-refractivity contribution in [2.45, 2.75) is 52.1 Å². The Bertz CT molecular complexity index is 504. The topological polar surface area (TPSA) is 45.7 Å². The SMILES string of the molecule is CCCCCNC(=NC)NCC1CCCOC1c1ccc(C)cc1.I. The zero-order valence-corrected chi connectivity index (χ0v) is 18.2. The van der Waals surface area contributed by atoms with E-state index in [0.29, 0.717) is 5.92 Å². The largest absolute Gasteiger partial charge is 0.373 e. The molecule has 1 fully saturated rings. The van der Waals surface area contributed by atoms with Crippen LogP contribution in [0, 0.1) is 12.8 Å². The van der Waals surface area contributed by atoms with Crippen molar-refractivity contribution < 1.29 is 4.74 Å². The average Bonchev–Trinajstić information content (AvgIpc) is 2.62. The van der Waals surface area contributed by atoms with Gasteiger partial charge in [0.15, 0.2) is 5.96 Å². The Labute approximate surface area is 170 Å². The molecule has 4 nitrogen and oxygen atoms in total. The highest BCUT2D eigenvalue weighted by Gasteiger charge is 2.27. The predicted molar refractivity (Wildman–Crippen MR) is 117 cm³/mol. The van der Waals surface area contributed by atoms with Gasteiger partial charge in [0.05, 0.1) is 6.10 Å². The van der Waals surface area contributed by atoms with Crippen LogP contribution in [-0.4, -0.2) is 32.7 Å². The molecule has 142 valence electrons. The van der Waals surface area contributed by atoms with Crippen molar-refractivity contribution in [1.82, 2.24) is 10.6 Å². The summed E-state index contributed by atoms with van der Waals surface area (Å²) in [5.41, 5.74) is 2.58. The summed E-state index contributed by atoms with van der Waals surface area (Å²) in [6.07, 6.45) is 6.21. The van der Waals surface area contributed by atoms with Crippen molar-refractivity contribution in [3.8, 4) is 0 Å². The van der Waals surface area contributed by atoms with E-state index in [1.807, 2.05) is 7.05 Å². The lowest BCUT2D eigenvalue weighted by Gasteiger charge is -2.32. The molecule has 2 rings (SSSR count). The van der Waals surface area contributed by atoms with Crippen LogP contribution in [0.2, 0.25) is 0 Å². The smallest absolute Gasteiger partial charge is 0.190 e. The van der Waals surface area contributed by atoms with Crippen LogP contribution in [-0.2, 0) is 4.74 Å². The second kappa shape index (κ2) is 12.5. The zero-order chi connectivity index (χ0) is 17.2. The molecule has 0 radical (unpaired) electrons. The summed E-state index contributed by atoms with van der Waals surface area (Å²) in [4.78, 5) is 4.33. The quantitative estimate of drug-likeness (QED) is 0.274. The molecule has 1 heterocycles. The number of hydrogen-bond acceptors (Lipinski definition) is 2. The van der Waals surface area contributed by atoms with E-state index in [-0.39, 0.29) is 30.1 Å². The molecule has 2 N–H and O–H groups in total. The van der Waals surface area contributed by atoms with Gasteiger partial charge in [-0.25, -0.2) is 0 Å². The summed E-state index contributed by atoms with van der Waals surface area (Å²) in [7, 11) is 1.84. The van der Waals surface area contributed by atoms with Gasteiger partial charge >= 0.3 is 0 Å². The fraction of sp³-hybridized carbons (Fsp3) is 0.650. The van der Waals surface area contributed by atoms with Gasteiger partial charge in [0.2, 0.25) is 0 Å². The lowest BCUT2D eigenvalue weighted by atomic mass is 9.89. The second-order valence-electron chi connectivity index (χ2n) is 6.69. The molecule has 0 aliphatic carbocycles. The van der Waals surface area contributed by atoms with Crippen molar-refractivity contribution in [3.63, 3.8) is 0 Å². The molecule has 0 saturated carbocycles. The number of unbranched alkanes of at least 4 members (excludes halogenated alkanes) is 2. The first-order valence-electron chi connectivity index (χ1n) is 9.37. The molecule has 1 aromatic carbocycles. The number of rotatable bonds is 7. The molecule has 2 atom stereocenters. The summed E-state index contributed by atoms with van der Waals surface area (Å²) in [6, 6.07) is 8.75. The summed E-state index contributed by atoms with van der Waals surface area (Å²) >= 11 is 0. The maximum atomic E-state index is 6.10. The van der Waals surface area contributed by atoms with E-state index in [0.717, 1.165) is 32.1 Å². The lowest BCUT2D eigenvalue weighted by Crippen LogP contribution is -2.42. The third kappa shape index (κ3) is 7.52. The molecule has 1 aliphatic rings. The number of ether oxygens (including phenoxy) is 1. The fourth-order valence-electron chi connectivity index (χ4n) is 3.21. The number of hydrogen-bond donors (Lipinski definition) is 2. The highest BCUT2D eigenvalue weighted by atomic mass is 127. The highest BCUT2D eigenvalue weighted by Crippen LogP contribution is 2.33. The number of aliphatic imine (C=N–C) groups is 1. The van der Waals surface area contributed by atoms with Crippen LogP contribution in [0.15, 0.2) is 29.3 Å². The minimum atomic E-state index is 0. The third-order valence-electron chi connectivity index (χ3n) is 4.68. The van der Waals surface area contributed by atoms with Gasteiger partial charge in [-0.3, -0.25) is 4.99 Å². The van der Waals surface area contributed by atoms with Gasteiger partial charge in [-0.1, -0.05) is 49.6 Å². The third-order valence-corrected chi connectivity index (χ3v) is 4.68. The van der Waals surface area contributed by atoms with E-state index in [4.69, 9.17) is 4.74 Å². The van der Waals surface area contributed by atoms with E-state index in [2.05, 4.69) is 53.7 Å². The van der Waals surface area contributed by atoms with Gasteiger partial charge in [-0.2, -0.15) is 0 Å². The van der Waals surface area contributed by atoms with Gasteiger partial charge in [0.25, 0.3) is 0 Å². The summed E-state index contributed by atoms with van der Waals surface area (Å²) in [5, 5.41) is 6.89. The van der Waals surface area contributed by atoms with E-state index in [1.54, 1.807) is 0 Å². The standard InChI is InChI=1S/C20H33N3O.HI/c1-4-5-6-13-22-20(21-3)23-15-18-8-7-14-24-19(18)17-11-9-16(2)10-12-17;/h9-12,18-19H,4-8,13-15H2,1-3H3,(H2,21,22,23);1H. The Morgan fingerprint density at radius 3 is 2.64 bits per heavy atom. The first-order chi connectivity index (χ1) is 11.7. The van der Waals surface area contributed by atoms with Crippen molar-refractivity contribution in [3.05, 3.63) is 35.4 Å². The van der Waals surface area contributed by atoms with E-state index < -0.39 is 0 Å². The molecule has 1 saturated heterocycles. The van der Waals surface area contributed by atoms with Gasteiger partial charge in [-0.15, -0.1) is 24.0 Å². The molecule has 2 unspecified atom stereocenters. The maximum absolute atomic E-state index is 6.10. The van der Waals surface area contributed by atoms with E-state index in [1.165, 1.54) is 36.8 Å². The molecule has 5 heteroatoms. The normalized spacial score (nSPS) is 20.7. The van der Waals surface area contributed by atoms with Crippen LogP contribution in [0.4, 0.5) is 0 Å². The van der Waals surface area contributed by atoms with Crippen LogP contribution in [0.1, 0.15) is 56.3 Å². The Balaban J connectivity index is 0.00000312. The van der Waals surface area contributed by atoms with Crippen molar-refractivity contribution in [1.29, 1.82) is 0 Å². The molecule has 0 aromatic heterocycles. The Morgan fingerprint density at radius 1 is 1.20 bits per heavy atom. The van der Waals surface area contributed by atoms with Crippen molar-refractivity contribution in [2.75, 3.05) is 26.7 Å². The van der Waals surface area contributed by atoms with Gasteiger partial charge in [-0.05, 0) is 31.7 Å². The van der Waals surface area contributed by atoms with Gasteiger partial charge < -0.3 is 15.4 Å². The molecule has 1 aromatic rings. The van der Waals surface area contributed by atoms with Crippen LogP contribution in [0.3, 0.4) is 0 Å². The second-order valence-corrected chi connectivity index (χ2v) is 6.69. The minimum absolute atomic E-state index is 0. The summed E-state index contributed by atoms with van der Waals surface area (Å²) in [5.74, 6) is 1.38. The molecular formula is C20H34IN3O. The molecule has 0 bridgehead atoms. The lowest BCUT2D eigenvalue weighted by molar-refractivity contribution is -0.0265. The Morgan fingerprint density at radius 2 is 1.96 bits per heavy atom. The monoisotopic (exact) mass is 459 g/mol. The minimum Gasteiger partial charge on any atom is -0.373 e. The fourth-order valence-corrected chi connectivity index (χ4v) is 3.21. The molecule has 25 heavy (non-hydrogen) atoms. The number of guanidine groups is 1. The Hall–Kier alpha value is -0.820. The number of nitrogens with one attached hydrogen (secondary N) is 2. The number of aryl methyl sites for hydroxylation is 1. The highest BCUT2D eigenvalue weighted by molar-refractivity contribution is 14.0. The average molecular weight is 459 g/mol. The summed E-state index contributed by atoms with van der Waals surface area (Å²) in [6.45, 7) is 7.08. The van der Waals surface area contributed by atoms with Gasteiger partial charge in [0, 0.05) is 32.7 Å². The number of halogens is 1. The van der Waals surface area contributed by atoms with Crippen molar-refractivity contribution in [2.24, 2.45) is 10.9 Å². The van der Waals surface area contributed by atoms with Crippen molar-refractivity contribution >= 4 is 29.9 Å². The number of benzene rings is 1. The van der Waals surface area contributed by atoms with Crippen LogP contribution in [0.25, 0.3) is 0 Å². The van der Waals surface area contributed by atoms with Crippen LogP contribution in [0.5, 0.6) is 0 Å². The molecular weight excluding hydrogens is 425 g/mol. The number of nitrogens with zero attached hydrogens (tertiary/aromatic N) is 1. The first kappa shape index (κ1) is 22.2. The van der Waals surface area contributed by atoms with E-state index in [9.17, 15) is 0 Å². The zero-order valence-electron chi connectivity index (χ0n) is 15.9. The van der Waals surface area contributed by atoms with E-state index >= 15 is 0 Å². The predicted octanol–water partition coefficient (Wildman–Crippen LogP) is 4.44. The van der Waals surface area contributed by atoms with Crippen LogP contribution < -0.4 is 10.6 Å².